The number of ether oxygens (including phenoxy) is 2. The molecule has 8 nitrogen and oxygen atoms in total. The predicted octanol–water partition coefficient (Wildman–Crippen LogP) is 1.77. The number of nitrogens with one attached hydrogen (secondary N) is 1. The third-order valence-corrected chi connectivity index (χ3v) is 6.29. The smallest absolute Gasteiger partial charge is 0.414 e. The Kier molecular flexibility index (Phi) is 6.57. The number of benzene rings is 1. The Morgan fingerprint density at radius 1 is 1.29 bits per heavy atom. The van der Waals surface area contributed by atoms with Gasteiger partial charge in [-0.3, -0.25) is 9.69 Å². The molecule has 2 heterocycles. The molecule has 0 bridgehead atoms. The fourth-order valence-corrected chi connectivity index (χ4v) is 4.19. The lowest BCUT2D eigenvalue weighted by molar-refractivity contribution is -0.135. The second-order valence-corrected chi connectivity index (χ2v) is 8.51. The molecule has 31 heavy (non-hydrogen) atoms. The lowest BCUT2D eigenvalue weighted by Crippen LogP contribution is -2.50. The van der Waals surface area contributed by atoms with Crippen molar-refractivity contribution in [3.63, 3.8) is 0 Å². The molecular formula is C21H27FN4O4S. The predicted molar refractivity (Wildman–Crippen MR) is 118 cm³/mol. The number of halogens is 1. The Hall–Kier alpha value is -2.46. The fourth-order valence-electron chi connectivity index (χ4n) is 3.87. The normalized spacial score (nSPS) is 21.3. The average molecular weight is 451 g/mol. The highest BCUT2D eigenvalue weighted by Crippen LogP contribution is 2.30. The van der Waals surface area contributed by atoms with Gasteiger partial charge in [0, 0.05) is 39.2 Å². The van der Waals surface area contributed by atoms with Crippen LogP contribution in [-0.4, -0.2) is 81.0 Å². The zero-order chi connectivity index (χ0) is 22.0. The molecule has 1 aliphatic carbocycles. The number of piperazine rings is 1. The maximum Gasteiger partial charge on any atom is 0.414 e. The van der Waals surface area contributed by atoms with Gasteiger partial charge in [0.15, 0.2) is 0 Å². The summed E-state index contributed by atoms with van der Waals surface area (Å²) in [5.74, 6) is -0.00396. The molecule has 2 aliphatic heterocycles. The number of anilines is 2. The van der Waals surface area contributed by atoms with Crippen molar-refractivity contribution in [2.24, 2.45) is 5.92 Å². The van der Waals surface area contributed by atoms with Gasteiger partial charge in [0.25, 0.3) is 0 Å². The van der Waals surface area contributed by atoms with Crippen LogP contribution >= 0.6 is 12.2 Å². The van der Waals surface area contributed by atoms with Gasteiger partial charge < -0.3 is 24.6 Å². The van der Waals surface area contributed by atoms with E-state index in [2.05, 4.69) is 5.32 Å². The molecule has 1 aromatic carbocycles. The van der Waals surface area contributed by atoms with Crippen molar-refractivity contribution in [2.75, 3.05) is 62.8 Å². The van der Waals surface area contributed by atoms with Gasteiger partial charge in [-0.2, -0.15) is 0 Å². The summed E-state index contributed by atoms with van der Waals surface area (Å²) >= 11 is 5.31. The van der Waals surface area contributed by atoms with Crippen LogP contribution in [0, 0.1) is 11.7 Å². The van der Waals surface area contributed by atoms with E-state index in [1.807, 2.05) is 4.90 Å². The Bertz CT molecular complexity index is 858. The van der Waals surface area contributed by atoms with Gasteiger partial charge in [0.05, 0.1) is 29.5 Å². The summed E-state index contributed by atoms with van der Waals surface area (Å²) in [7, 11) is 1.49. The Morgan fingerprint density at radius 3 is 2.68 bits per heavy atom. The highest BCUT2D eigenvalue weighted by molar-refractivity contribution is 7.80. The van der Waals surface area contributed by atoms with Gasteiger partial charge in [-0.25, -0.2) is 9.18 Å². The van der Waals surface area contributed by atoms with Gasteiger partial charge in [0.2, 0.25) is 5.91 Å². The number of hydrogen-bond acceptors (Lipinski definition) is 6. The van der Waals surface area contributed by atoms with E-state index in [1.165, 1.54) is 18.1 Å². The lowest BCUT2D eigenvalue weighted by atomic mass is 10.2. The van der Waals surface area contributed by atoms with Gasteiger partial charge in [-0.15, -0.1) is 0 Å². The Morgan fingerprint density at radius 2 is 2.03 bits per heavy atom. The first-order valence-electron chi connectivity index (χ1n) is 10.5. The molecule has 1 N–H and O–H groups in total. The fraction of sp³-hybridized carbons (Fsp3) is 0.571. The summed E-state index contributed by atoms with van der Waals surface area (Å²) in [4.78, 5) is 30.1. The zero-order valence-corrected chi connectivity index (χ0v) is 18.3. The third-order valence-electron chi connectivity index (χ3n) is 5.81. The van der Waals surface area contributed by atoms with Crippen molar-refractivity contribution in [1.82, 2.24) is 10.2 Å². The first-order valence-corrected chi connectivity index (χ1v) is 10.9. The SMILES string of the molecule is COCC(=O)N1CCN(c2ccc(N3C[C@H](CNC(=S)C4CC4)OC3=O)cc2F)CC1. The molecule has 0 spiro atoms. The number of thiocarbonyl (C=S) groups is 1. The highest BCUT2D eigenvalue weighted by Gasteiger charge is 2.34. The van der Waals surface area contributed by atoms with Crippen LogP contribution in [-0.2, 0) is 14.3 Å². The van der Waals surface area contributed by atoms with Crippen molar-refractivity contribution < 1.29 is 23.5 Å². The standard InChI is InChI=1S/C21H27FN4O4S/c1-29-13-19(27)25-8-6-24(7-9-25)18-5-4-15(10-17(18)22)26-12-16(30-21(26)28)11-23-20(31)14-2-3-14/h4-5,10,14,16H,2-3,6-9,11-13H2,1H3,(H,23,31)/t16-/m0/s1. The molecular weight excluding hydrogens is 423 g/mol. The molecule has 1 aromatic rings. The Balaban J connectivity index is 1.33. The van der Waals surface area contributed by atoms with Crippen LogP contribution in [0.4, 0.5) is 20.6 Å². The van der Waals surface area contributed by atoms with Gasteiger partial charge in [-0.05, 0) is 31.0 Å². The largest absolute Gasteiger partial charge is 0.442 e. The van der Waals surface area contributed by atoms with Crippen LogP contribution in [0.3, 0.4) is 0 Å². The number of methoxy groups -OCH3 is 1. The molecule has 2 saturated heterocycles. The number of amides is 2. The minimum atomic E-state index is -0.485. The van der Waals surface area contributed by atoms with E-state index in [4.69, 9.17) is 21.7 Å². The monoisotopic (exact) mass is 450 g/mol. The highest BCUT2D eigenvalue weighted by atomic mass is 32.1. The van der Waals surface area contributed by atoms with Crippen molar-refractivity contribution in [1.29, 1.82) is 0 Å². The second kappa shape index (κ2) is 9.35. The van der Waals surface area contributed by atoms with Crippen LogP contribution in [0.5, 0.6) is 0 Å². The third kappa shape index (κ3) is 5.07. The minimum absolute atomic E-state index is 0.0534. The van der Waals surface area contributed by atoms with E-state index in [0.717, 1.165) is 17.8 Å². The summed E-state index contributed by atoms with van der Waals surface area (Å²) in [6, 6.07) is 4.77. The summed E-state index contributed by atoms with van der Waals surface area (Å²) in [5.41, 5.74) is 0.926. The molecule has 168 valence electrons. The molecule has 10 heteroatoms. The summed E-state index contributed by atoms with van der Waals surface area (Å²) < 4.78 is 25.2. The van der Waals surface area contributed by atoms with E-state index in [9.17, 15) is 14.0 Å². The first kappa shape index (κ1) is 21.8. The number of cyclic esters (lactones) is 1. The molecule has 2 amide bonds. The minimum Gasteiger partial charge on any atom is -0.442 e. The van der Waals surface area contributed by atoms with Crippen LogP contribution < -0.4 is 15.1 Å². The van der Waals surface area contributed by atoms with Crippen molar-refractivity contribution in [2.45, 2.75) is 18.9 Å². The zero-order valence-electron chi connectivity index (χ0n) is 17.5. The van der Waals surface area contributed by atoms with Crippen LogP contribution in [0.25, 0.3) is 0 Å². The van der Waals surface area contributed by atoms with E-state index in [0.29, 0.717) is 56.6 Å². The van der Waals surface area contributed by atoms with Crippen LogP contribution in [0.2, 0.25) is 0 Å². The molecule has 1 saturated carbocycles. The van der Waals surface area contributed by atoms with Gasteiger partial charge in [0.1, 0.15) is 18.5 Å². The summed E-state index contributed by atoms with van der Waals surface area (Å²) in [6.45, 7) is 2.96. The van der Waals surface area contributed by atoms with Crippen molar-refractivity contribution >= 4 is 40.6 Å². The number of nitrogens with zero attached hydrogens (tertiary/aromatic N) is 3. The number of hydrogen-bond donors (Lipinski definition) is 1. The van der Waals surface area contributed by atoms with E-state index < -0.39 is 11.9 Å². The second-order valence-electron chi connectivity index (χ2n) is 8.07. The van der Waals surface area contributed by atoms with E-state index >= 15 is 0 Å². The number of carbonyl (C=O) groups is 2. The average Bonchev–Trinajstić information content (AvgIpc) is 3.55. The molecule has 0 unspecified atom stereocenters. The quantitative estimate of drug-likeness (QED) is 0.635. The van der Waals surface area contributed by atoms with Gasteiger partial charge >= 0.3 is 6.09 Å². The maximum atomic E-state index is 14.9. The topological polar surface area (TPSA) is 74.3 Å². The molecule has 3 aliphatic rings. The molecule has 0 aromatic heterocycles. The van der Waals surface area contributed by atoms with Crippen LogP contribution in [0.15, 0.2) is 18.2 Å². The van der Waals surface area contributed by atoms with E-state index in [1.54, 1.807) is 17.0 Å². The molecule has 3 fully saturated rings. The Labute approximate surface area is 186 Å². The first-order chi connectivity index (χ1) is 15.0. The lowest BCUT2D eigenvalue weighted by Gasteiger charge is -2.36. The maximum absolute atomic E-state index is 14.9. The molecule has 0 radical (unpaired) electrons. The molecule has 1 atom stereocenters. The van der Waals surface area contributed by atoms with Gasteiger partial charge in [-0.1, -0.05) is 12.2 Å². The van der Waals surface area contributed by atoms with Crippen LogP contribution in [0.1, 0.15) is 12.8 Å². The summed E-state index contributed by atoms with van der Waals surface area (Å²) in [5, 5.41) is 3.17. The van der Waals surface area contributed by atoms with Crippen molar-refractivity contribution in [3.8, 4) is 0 Å². The number of carbonyl (C=O) groups excluding carboxylic acids is 2. The van der Waals surface area contributed by atoms with Crippen molar-refractivity contribution in [3.05, 3.63) is 24.0 Å². The van der Waals surface area contributed by atoms with E-state index in [-0.39, 0.29) is 18.6 Å². The number of rotatable bonds is 7. The molecule has 4 rings (SSSR count). The summed E-state index contributed by atoms with van der Waals surface area (Å²) in [6.07, 6.45) is 1.42.